The maximum Gasteiger partial charge on any atom is 0.272 e. The molecule has 0 saturated heterocycles. The molecule has 7 heteroatoms. The lowest BCUT2D eigenvalue weighted by molar-refractivity contribution is -0.118. The number of amides is 1. The van der Waals surface area contributed by atoms with Crippen LogP contribution in [0.1, 0.15) is 31.4 Å². The fourth-order valence-corrected chi connectivity index (χ4v) is 4.34. The van der Waals surface area contributed by atoms with Gasteiger partial charge < -0.3 is 5.32 Å². The van der Waals surface area contributed by atoms with Crippen molar-refractivity contribution >= 4 is 39.2 Å². The zero-order valence-corrected chi connectivity index (χ0v) is 18.0. The van der Waals surface area contributed by atoms with Crippen LogP contribution in [0.4, 0.5) is 0 Å². The highest BCUT2D eigenvalue weighted by molar-refractivity contribution is 7.99. The summed E-state index contributed by atoms with van der Waals surface area (Å²) in [5, 5.41) is 5.43. The van der Waals surface area contributed by atoms with Crippen molar-refractivity contribution in [3.63, 3.8) is 0 Å². The number of carbonyl (C=O) groups is 1. The lowest BCUT2D eigenvalue weighted by Gasteiger charge is -2.13. The Bertz CT molecular complexity index is 1010. The fraction of sp³-hybridized carbons (Fsp3) is 0.381. The van der Waals surface area contributed by atoms with Crippen molar-refractivity contribution in [2.75, 3.05) is 5.75 Å². The summed E-state index contributed by atoms with van der Waals surface area (Å²) in [6, 6.07) is 9.94. The molecule has 0 aliphatic rings. The minimum atomic E-state index is -0.0688. The van der Waals surface area contributed by atoms with Crippen LogP contribution in [0.5, 0.6) is 0 Å². The van der Waals surface area contributed by atoms with Gasteiger partial charge in [0.15, 0.2) is 5.16 Å². The second kappa shape index (κ2) is 9.39. The van der Waals surface area contributed by atoms with Crippen LogP contribution < -0.4 is 10.9 Å². The molecule has 0 saturated carbocycles. The zero-order valence-electron chi connectivity index (χ0n) is 16.4. The number of aromatic nitrogens is 2. The van der Waals surface area contributed by atoms with Gasteiger partial charge in [-0.2, -0.15) is 0 Å². The average Bonchev–Trinajstić information content (AvgIpc) is 3.14. The van der Waals surface area contributed by atoms with E-state index in [9.17, 15) is 9.59 Å². The van der Waals surface area contributed by atoms with Crippen molar-refractivity contribution in [1.82, 2.24) is 14.9 Å². The lowest BCUT2D eigenvalue weighted by Crippen LogP contribution is -2.26. The van der Waals surface area contributed by atoms with E-state index in [2.05, 4.69) is 24.1 Å². The van der Waals surface area contributed by atoms with Crippen molar-refractivity contribution in [2.45, 2.75) is 45.4 Å². The van der Waals surface area contributed by atoms with Crippen LogP contribution in [0, 0.1) is 12.8 Å². The van der Waals surface area contributed by atoms with Gasteiger partial charge in [-0.25, -0.2) is 4.98 Å². The van der Waals surface area contributed by atoms with E-state index in [0.717, 1.165) is 12.0 Å². The van der Waals surface area contributed by atoms with Gasteiger partial charge in [0.2, 0.25) is 5.91 Å². The second-order valence-corrected chi connectivity index (χ2v) is 9.08. The Kier molecular flexibility index (Phi) is 6.91. The first-order valence-electron chi connectivity index (χ1n) is 9.37. The minimum absolute atomic E-state index is 0.0109. The van der Waals surface area contributed by atoms with Gasteiger partial charge in [-0.1, -0.05) is 55.4 Å². The summed E-state index contributed by atoms with van der Waals surface area (Å²) in [6.45, 7) is 7.41. The summed E-state index contributed by atoms with van der Waals surface area (Å²) in [5.74, 6) is 0.651. The Morgan fingerprint density at radius 3 is 2.71 bits per heavy atom. The van der Waals surface area contributed by atoms with E-state index in [4.69, 9.17) is 0 Å². The Morgan fingerprint density at radius 2 is 2.00 bits per heavy atom. The molecule has 0 bridgehead atoms. The van der Waals surface area contributed by atoms with E-state index < -0.39 is 0 Å². The van der Waals surface area contributed by atoms with Crippen LogP contribution in [0.15, 0.2) is 45.7 Å². The van der Waals surface area contributed by atoms with Crippen molar-refractivity contribution in [1.29, 1.82) is 0 Å². The Morgan fingerprint density at radius 1 is 1.25 bits per heavy atom. The largest absolute Gasteiger partial charge is 0.351 e. The summed E-state index contributed by atoms with van der Waals surface area (Å²) < 4.78 is 2.40. The number of benzene rings is 1. The van der Waals surface area contributed by atoms with E-state index in [1.807, 2.05) is 42.6 Å². The summed E-state index contributed by atoms with van der Waals surface area (Å²) in [4.78, 5) is 29.7. The molecule has 0 spiro atoms. The third-order valence-electron chi connectivity index (χ3n) is 4.40. The first kappa shape index (κ1) is 20.6. The van der Waals surface area contributed by atoms with Gasteiger partial charge in [0.05, 0.1) is 11.3 Å². The predicted octanol–water partition coefficient (Wildman–Crippen LogP) is 4.22. The molecule has 148 valence electrons. The molecule has 1 N–H and O–H groups in total. The van der Waals surface area contributed by atoms with Gasteiger partial charge in [-0.3, -0.25) is 14.2 Å². The van der Waals surface area contributed by atoms with Crippen LogP contribution in [-0.4, -0.2) is 21.2 Å². The highest BCUT2D eigenvalue weighted by Crippen LogP contribution is 2.21. The first-order chi connectivity index (χ1) is 13.4. The molecule has 0 atom stereocenters. The molecular weight excluding hydrogens is 390 g/mol. The topological polar surface area (TPSA) is 64.0 Å². The summed E-state index contributed by atoms with van der Waals surface area (Å²) in [7, 11) is 0. The molecule has 5 nitrogen and oxygen atoms in total. The number of thioether (sulfide) groups is 1. The maximum atomic E-state index is 12.8. The van der Waals surface area contributed by atoms with Crippen LogP contribution in [0.3, 0.4) is 0 Å². The summed E-state index contributed by atoms with van der Waals surface area (Å²) in [5.41, 5.74) is 2.96. The average molecular weight is 416 g/mol. The molecule has 0 aliphatic carbocycles. The second-order valence-electron chi connectivity index (χ2n) is 7.22. The highest BCUT2D eigenvalue weighted by atomic mass is 32.2. The number of nitrogens with zero attached hydrogens (tertiary/aromatic N) is 2. The number of nitrogens with one attached hydrogen (secondary N) is 1. The Balaban J connectivity index is 1.68. The maximum absolute atomic E-state index is 12.8. The molecule has 3 aromatic rings. The zero-order chi connectivity index (χ0) is 20.1. The molecule has 2 aromatic heterocycles. The van der Waals surface area contributed by atoms with Gasteiger partial charge in [0.25, 0.3) is 5.56 Å². The van der Waals surface area contributed by atoms with Crippen LogP contribution in [0.25, 0.3) is 10.2 Å². The number of hydrogen-bond acceptors (Lipinski definition) is 5. The number of carbonyl (C=O) groups excluding carboxylic acids is 1. The van der Waals surface area contributed by atoms with E-state index in [-0.39, 0.29) is 17.2 Å². The Hall–Kier alpha value is -2.12. The van der Waals surface area contributed by atoms with Crippen molar-refractivity contribution in [2.24, 2.45) is 5.92 Å². The van der Waals surface area contributed by atoms with Crippen LogP contribution in [0.2, 0.25) is 0 Å². The molecular formula is C21H25N3O2S2. The third-order valence-corrected chi connectivity index (χ3v) is 6.27. The fourth-order valence-electron chi connectivity index (χ4n) is 2.71. The predicted molar refractivity (Wildman–Crippen MR) is 117 cm³/mol. The van der Waals surface area contributed by atoms with Crippen molar-refractivity contribution in [3.05, 3.63) is 57.2 Å². The standard InChI is InChI=1S/C21H25N3O2S2/c1-14(2)8-10-24-20(26)19-17(9-11-27-19)23-21(24)28-13-18(25)22-12-16-6-4-15(3)5-7-16/h4-7,9,11,14H,8,10,12-13H2,1-3H3,(H,22,25). The van der Waals surface area contributed by atoms with Gasteiger partial charge in [0.1, 0.15) is 4.70 Å². The molecule has 0 fully saturated rings. The number of fused-ring (bicyclic) bond motifs is 1. The lowest BCUT2D eigenvalue weighted by atomic mass is 10.1. The monoisotopic (exact) mass is 415 g/mol. The van der Waals surface area contributed by atoms with E-state index in [1.54, 1.807) is 4.57 Å². The van der Waals surface area contributed by atoms with Crippen molar-refractivity contribution in [3.8, 4) is 0 Å². The minimum Gasteiger partial charge on any atom is -0.351 e. The molecule has 2 heterocycles. The molecule has 0 aliphatic heterocycles. The van der Waals surface area contributed by atoms with E-state index in [1.165, 1.54) is 28.7 Å². The molecule has 3 rings (SSSR count). The molecule has 28 heavy (non-hydrogen) atoms. The quantitative estimate of drug-likeness (QED) is 0.442. The number of hydrogen-bond donors (Lipinski definition) is 1. The number of thiophene rings is 1. The van der Waals surface area contributed by atoms with E-state index in [0.29, 0.717) is 34.4 Å². The SMILES string of the molecule is Cc1ccc(CNC(=O)CSc2nc3ccsc3c(=O)n2CCC(C)C)cc1. The molecule has 1 aromatic carbocycles. The highest BCUT2D eigenvalue weighted by Gasteiger charge is 2.14. The van der Waals surface area contributed by atoms with Gasteiger partial charge in [-0.15, -0.1) is 11.3 Å². The van der Waals surface area contributed by atoms with Gasteiger partial charge >= 0.3 is 0 Å². The molecule has 0 unspecified atom stereocenters. The van der Waals surface area contributed by atoms with Gasteiger partial charge in [0, 0.05) is 13.1 Å². The smallest absolute Gasteiger partial charge is 0.272 e. The van der Waals surface area contributed by atoms with Crippen molar-refractivity contribution < 1.29 is 4.79 Å². The van der Waals surface area contributed by atoms with Crippen LogP contribution in [-0.2, 0) is 17.9 Å². The van der Waals surface area contributed by atoms with E-state index >= 15 is 0 Å². The number of rotatable bonds is 8. The normalized spacial score (nSPS) is 11.3. The van der Waals surface area contributed by atoms with Gasteiger partial charge in [-0.05, 0) is 36.3 Å². The summed E-state index contributed by atoms with van der Waals surface area (Å²) in [6.07, 6.45) is 0.894. The van der Waals surface area contributed by atoms with Crippen LogP contribution >= 0.6 is 23.1 Å². The molecule has 0 radical (unpaired) electrons. The number of aryl methyl sites for hydroxylation is 1. The summed E-state index contributed by atoms with van der Waals surface area (Å²) >= 11 is 2.74. The molecule has 1 amide bonds. The first-order valence-corrected chi connectivity index (χ1v) is 11.2. The third kappa shape index (κ3) is 5.23. The Labute approximate surface area is 173 Å².